The molecule has 3 heteroatoms. The highest BCUT2D eigenvalue weighted by atomic mass is 16.2. The fourth-order valence-electron chi connectivity index (χ4n) is 2.46. The van der Waals surface area contributed by atoms with Crippen molar-refractivity contribution >= 4 is 5.91 Å². The van der Waals surface area contributed by atoms with Crippen molar-refractivity contribution in [2.45, 2.75) is 58.4 Å². The van der Waals surface area contributed by atoms with Crippen LogP contribution in [-0.4, -0.2) is 18.5 Å². The van der Waals surface area contributed by atoms with Crippen molar-refractivity contribution in [3.63, 3.8) is 0 Å². The molecule has 0 heterocycles. The van der Waals surface area contributed by atoms with Gasteiger partial charge in [-0.3, -0.25) is 4.79 Å². The Bertz CT molecular complexity index is 440. The number of carbonyl (C=O) groups is 1. The molecule has 1 unspecified atom stereocenters. The number of hydrogen-bond acceptors (Lipinski definition) is 2. The topological polar surface area (TPSA) is 55.1 Å². The first-order valence-corrected chi connectivity index (χ1v) is 7.50. The Balaban J connectivity index is 2.81. The summed E-state index contributed by atoms with van der Waals surface area (Å²) >= 11 is 0. The SMILES string of the molecule is CCCCC(CN)NC(=O)C(C)(C)c1ccccc1C. The first-order chi connectivity index (χ1) is 9.43. The van der Waals surface area contributed by atoms with Crippen LogP contribution in [-0.2, 0) is 10.2 Å². The van der Waals surface area contributed by atoms with E-state index in [0.717, 1.165) is 30.4 Å². The highest BCUT2D eigenvalue weighted by molar-refractivity contribution is 5.88. The molecule has 1 aromatic rings. The molecule has 112 valence electrons. The van der Waals surface area contributed by atoms with Gasteiger partial charge in [0.05, 0.1) is 5.41 Å². The Labute approximate surface area is 122 Å². The Kier molecular flexibility index (Phi) is 6.21. The third-order valence-electron chi connectivity index (χ3n) is 3.91. The second-order valence-electron chi connectivity index (χ2n) is 5.99. The molecule has 0 bridgehead atoms. The van der Waals surface area contributed by atoms with E-state index in [2.05, 4.69) is 12.2 Å². The summed E-state index contributed by atoms with van der Waals surface area (Å²) in [7, 11) is 0. The molecular formula is C17H28N2O. The Hall–Kier alpha value is -1.35. The van der Waals surface area contributed by atoms with Gasteiger partial charge in [-0.05, 0) is 38.3 Å². The van der Waals surface area contributed by atoms with Gasteiger partial charge >= 0.3 is 0 Å². The van der Waals surface area contributed by atoms with Crippen molar-refractivity contribution in [3.05, 3.63) is 35.4 Å². The molecule has 0 aliphatic heterocycles. The van der Waals surface area contributed by atoms with Gasteiger partial charge in [-0.1, -0.05) is 44.0 Å². The lowest BCUT2D eigenvalue weighted by molar-refractivity contribution is -0.126. The molecule has 0 aliphatic carbocycles. The van der Waals surface area contributed by atoms with Gasteiger partial charge in [0.15, 0.2) is 0 Å². The zero-order valence-electron chi connectivity index (χ0n) is 13.2. The van der Waals surface area contributed by atoms with E-state index in [1.807, 2.05) is 45.0 Å². The number of amides is 1. The molecule has 3 N–H and O–H groups in total. The van der Waals surface area contributed by atoms with Crippen molar-refractivity contribution in [3.8, 4) is 0 Å². The zero-order valence-corrected chi connectivity index (χ0v) is 13.2. The highest BCUT2D eigenvalue weighted by Gasteiger charge is 2.31. The summed E-state index contributed by atoms with van der Waals surface area (Å²) in [6, 6.07) is 8.12. The van der Waals surface area contributed by atoms with E-state index in [1.54, 1.807) is 0 Å². The second-order valence-corrected chi connectivity index (χ2v) is 5.99. The minimum Gasteiger partial charge on any atom is -0.351 e. The molecular weight excluding hydrogens is 248 g/mol. The summed E-state index contributed by atoms with van der Waals surface area (Å²) in [6.07, 6.45) is 3.16. The van der Waals surface area contributed by atoms with Gasteiger partial charge < -0.3 is 11.1 Å². The van der Waals surface area contributed by atoms with Crippen LogP contribution >= 0.6 is 0 Å². The maximum atomic E-state index is 12.6. The maximum Gasteiger partial charge on any atom is 0.230 e. The van der Waals surface area contributed by atoms with Crippen molar-refractivity contribution in [1.82, 2.24) is 5.32 Å². The standard InChI is InChI=1S/C17H28N2O/c1-5-6-10-14(12-18)19-16(20)17(3,4)15-11-8-7-9-13(15)2/h7-9,11,14H,5-6,10,12,18H2,1-4H3,(H,19,20). The van der Waals surface area contributed by atoms with Crippen LogP contribution < -0.4 is 11.1 Å². The van der Waals surface area contributed by atoms with Crippen LogP contribution in [0.4, 0.5) is 0 Å². The predicted octanol–water partition coefficient (Wildman–Crippen LogP) is 2.91. The van der Waals surface area contributed by atoms with Crippen LogP contribution in [0.5, 0.6) is 0 Å². The molecule has 1 amide bonds. The first-order valence-electron chi connectivity index (χ1n) is 7.50. The number of benzene rings is 1. The van der Waals surface area contributed by atoms with Crippen molar-refractivity contribution in [2.75, 3.05) is 6.54 Å². The van der Waals surface area contributed by atoms with E-state index in [9.17, 15) is 4.79 Å². The third-order valence-corrected chi connectivity index (χ3v) is 3.91. The van der Waals surface area contributed by atoms with Crippen LogP contribution in [0.25, 0.3) is 0 Å². The maximum absolute atomic E-state index is 12.6. The minimum atomic E-state index is -0.537. The molecule has 3 nitrogen and oxygen atoms in total. The lowest BCUT2D eigenvalue weighted by Gasteiger charge is -2.28. The third kappa shape index (κ3) is 4.07. The monoisotopic (exact) mass is 276 g/mol. The quantitative estimate of drug-likeness (QED) is 0.804. The molecule has 0 saturated carbocycles. The predicted molar refractivity (Wildman–Crippen MR) is 84.7 cm³/mol. The van der Waals surface area contributed by atoms with E-state index in [0.29, 0.717) is 6.54 Å². The summed E-state index contributed by atoms with van der Waals surface area (Å²) in [4.78, 5) is 12.6. The van der Waals surface area contributed by atoms with Crippen LogP contribution in [0.2, 0.25) is 0 Å². The molecule has 20 heavy (non-hydrogen) atoms. The summed E-state index contributed by atoms with van der Waals surface area (Å²) in [6.45, 7) is 8.63. The van der Waals surface area contributed by atoms with Gasteiger partial charge in [-0.15, -0.1) is 0 Å². The second kappa shape index (κ2) is 7.44. The van der Waals surface area contributed by atoms with Crippen molar-refractivity contribution in [2.24, 2.45) is 5.73 Å². The van der Waals surface area contributed by atoms with Crippen LogP contribution in [0, 0.1) is 6.92 Å². The normalized spacial score (nSPS) is 13.1. The average Bonchev–Trinajstić information content (AvgIpc) is 2.43. The smallest absolute Gasteiger partial charge is 0.230 e. The zero-order chi connectivity index (χ0) is 15.2. The molecule has 1 aromatic carbocycles. The first kappa shape index (κ1) is 16.7. The summed E-state index contributed by atoms with van der Waals surface area (Å²) in [5, 5.41) is 3.10. The Morgan fingerprint density at radius 3 is 2.55 bits per heavy atom. The number of nitrogens with two attached hydrogens (primary N) is 1. The van der Waals surface area contributed by atoms with Gasteiger partial charge in [-0.2, -0.15) is 0 Å². The number of unbranched alkanes of at least 4 members (excludes halogenated alkanes) is 1. The minimum absolute atomic E-state index is 0.0540. The van der Waals surface area contributed by atoms with Gasteiger partial charge in [0.25, 0.3) is 0 Å². The molecule has 1 rings (SSSR count). The van der Waals surface area contributed by atoms with Crippen LogP contribution in [0.15, 0.2) is 24.3 Å². The van der Waals surface area contributed by atoms with Gasteiger partial charge in [0, 0.05) is 12.6 Å². The van der Waals surface area contributed by atoms with Crippen molar-refractivity contribution in [1.29, 1.82) is 0 Å². The molecule has 0 fully saturated rings. The van der Waals surface area contributed by atoms with E-state index >= 15 is 0 Å². The average molecular weight is 276 g/mol. The van der Waals surface area contributed by atoms with Gasteiger partial charge in [-0.25, -0.2) is 0 Å². The van der Waals surface area contributed by atoms with Crippen molar-refractivity contribution < 1.29 is 4.79 Å². The number of aryl methyl sites for hydroxylation is 1. The van der Waals surface area contributed by atoms with E-state index in [4.69, 9.17) is 5.73 Å². The fraction of sp³-hybridized carbons (Fsp3) is 0.588. The number of hydrogen-bond donors (Lipinski definition) is 2. The molecule has 0 saturated heterocycles. The fourth-order valence-corrected chi connectivity index (χ4v) is 2.46. The summed E-state index contributed by atoms with van der Waals surface area (Å²) < 4.78 is 0. The van der Waals surface area contributed by atoms with E-state index in [1.165, 1.54) is 0 Å². The van der Waals surface area contributed by atoms with Gasteiger partial charge in [0.1, 0.15) is 0 Å². The van der Waals surface area contributed by atoms with Gasteiger partial charge in [0.2, 0.25) is 5.91 Å². The number of nitrogens with one attached hydrogen (secondary N) is 1. The summed E-state index contributed by atoms with van der Waals surface area (Å²) in [5.41, 5.74) is 7.44. The molecule has 1 atom stereocenters. The molecule has 0 radical (unpaired) electrons. The number of rotatable bonds is 7. The molecule has 0 spiro atoms. The van der Waals surface area contributed by atoms with E-state index < -0.39 is 5.41 Å². The molecule has 0 aliphatic rings. The number of carbonyl (C=O) groups excluding carboxylic acids is 1. The van der Waals surface area contributed by atoms with Crippen LogP contribution in [0.1, 0.15) is 51.2 Å². The Morgan fingerprint density at radius 2 is 2.00 bits per heavy atom. The lowest BCUT2D eigenvalue weighted by Crippen LogP contribution is -2.48. The lowest BCUT2D eigenvalue weighted by atomic mass is 9.81. The summed E-state index contributed by atoms with van der Waals surface area (Å²) in [5.74, 6) is 0.0540. The van der Waals surface area contributed by atoms with Crippen LogP contribution in [0.3, 0.4) is 0 Å². The highest BCUT2D eigenvalue weighted by Crippen LogP contribution is 2.26. The Morgan fingerprint density at radius 1 is 1.35 bits per heavy atom. The largest absolute Gasteiger partial charge is 0.351 e. The van der Waals surface area contributed by atoms with E-state index in [-0.39, 0.29) is 11.9 Å². The molecule has 0 aromatic heterocycles.